The lowest BCUT2D eigenvalue weighted by molar-refractivity contribution is -0.118. The van der Waals surface area contributed by atoms with Gasteiger partial charge in [-0.2, -0.15) is 5.26 Å². The molecule has 1 aliphatic heterocycles. The summed E-state index contributed by atoms with van der Waals surface area (Å²) in [4.78, 5) is 12.1. The van der Waals surface area contributed by atoms with Crippen molar-refractivity contribution in [1.29, 1.82) is 5.26 Å². The molecule has 0 saturated carbocycles. The van der Waals surface area contributed by atoms with Crippen LogP contribution in [0.15, 0.2) is 18.2 Å². The van der Waals surface area contributed by atoms with E-state index in [1.165, 1.54) is 0 Å². The van der Waals surface area contributed by atoms with Crippen LogP contribution in [-0.4, -0.2) is 18.5 Å². The van der Waals surface area contributed by atoms with E-state index in [2.05, 4.69) is 23.6 Å². The maximum atomic E-state index is 12.1. The van der Waals surface area contributed by atoms with Crippen LogP contribution in [0.5, 0.6) is 0 Å². The number of nitrogens with one attached hydrogen (secondary N) is 2. The van der Waals surface area contributed by atoms with Gasteiger partial charge in [-0.1, -0.05) is 19.1 Å². The minimum absolute atomic E-state index is 0.0536. The maximum absolute atomic E-state index is 12.1. The molecule has 1 aromatic rings. The summed E-state index contributed by atoms with van der Waals surface area (Å²) in [5.74, 6) is 0.280. The number of hydrogen-bond donors (Lipinski definition) is 2. The second-order valence-electron chi connectivity index (χ2n) is 4.80. The molecule has 94 valence electrons. The normalized spacial score (nSPS) is 22.5. The number of nitrogens with zero attached hydrogens (tertiary/aromatic N) is 1. The number of carbonyl (C=O) groups excluding carboxylic acids is 1. The smallest absolute Gasteiger partial charge is 0.241 e. The van der Waals surface area contributed by atoms with E-state index in [1.54, 1.807) is 6.07 Å². The Morgan fingerprint density at radius 2 is 2.33 bits per heavy atom. The molecule has 1 saturated heterocycles. The van der Waals surface area contributed by atoms with Crippen LogP contribution in [-0.2, 0) is 4.79 Å². The van der Waals surface area contributed by atoms with Crippen molar-refractivity contribution in [2.75, 3.05) is 11.9 Å². The fourth-order valence-corrected chi connectivity index (χ4v) is 2.32. The number of carbonyl (C=O) groups is 1. The van der Waals surface area contributed by atoms with Gasteiger partial charge in [0.15, 0.2) is 0 Å². The second kappa shape index (κ2) is 5.19. The summed E-state index contributed by atoms with van der Waals surface area (Å²) in [5.41, 5.74) is 2.02. The van der Waals surface area contributed by atoms with Crippen molar-refractivity contribution in [2.24, 2.45) is 5.92 Å². The third kappa shape index (κ3) is 2.36. The number of benzene rings is 1. The Balaban J connectivity index is 2.17. The van der Waals surface area contributed by atoms with E-state index in [0.717, 1.165) is 18.5 Å². The molecule has 1 heterocycles. The van der Waals surface area contributed by atoms with Crippen LogP contribution >= 0.6 is 0 Å². The minimum Gasteiger partial charge on any atom is -0.324 e. The molecule has 1 aromatic carbocycles. The summed E-state index contributed by atoms with van der Waals surface area (Å²) >= 11 is 0. The van der Waals surface area contributed by atoms with E-state index in [1.807, 2.05) is 19.1 Å². The Kier molecular flexibility index (Phi) is 3.63. The zero-order valence-corrected chi connectivity index (χ0v) is 10.7. The number of nitriles is 1. The Labute approximate surface area is 107 Å². The summed E-state index contributed by atoms with van der Waals surface area (Å²) in [5, 5.41) is 15.1. The molecule has 4 nitrogen and oxygen atoms in total. The van der Waals surface area contributed by atoms with E-state index in [0.29, 0.717) is 17.2 Å². The molecule has 0 spiro atoms. The first kappa shape index (κ1) is 12.6. The quantitative estimate of drug-likeness (QED) is 0.832. The summed E-state index contributed by atoms with van der Waals surface area (Å²) < 4.78 is 0. The first-order chi connectivity index (χ1) is 8.63. The van der Waals surface area contributed by atoms with Gasteiger partial charge in [0, 0.05) is 0 Å². The van der Waals surface area contributed by atoms with Crippen molar-refractivity contribution in [3.8, 4) is 6.07 Å². The number of hydrogen-bond acceptors (Lipinski definition) is 3. The predicted octanol–water partition coefficient (Wildman–Crippen LogP) is 1.80. The molecule has 0 bridgehead atoms. The molecule has 2 unspecified atom stereocenters. The van der Waals surface area contributed by atoms with Gasteiger partial charge < -0.3 is 10.6 Å². The second-order valence-corrected chi connectivity index (χ2v) is 4.80. The molecular formula is C14H17N3O. The van der Waals surface area contributed by atoms with Gasteiger partial charge in [-0.05, 0) is 37.4 Å². The van der Waals surface area contributed by atoms with Crippen molar-refractivity contribution in [1.82, 2.24) is 5.32 Å². The van der Waals surface area contributed by atoms with Crippen molar-refractivity contribution in [3.63, 3.8) is 0 Å². The lowest BCUT2D eigenvalue weighted by Crippen LogP contribution is -2.39. The predicted molar refractivity (Wildman–Crippen MR) is 70.1 cm³/mol. The molecule has 18 heavy (non-hydrogen) atoms. The average molecular weight is 243 g/mol. The van der Waals surface area contributed by atoms with Gasteiger partial charge in [-0.25, -0.2) is 0 Å². The van der Waals surface area contributed by atoms with Crippen LogP contribution in [0.25, 0.3) is 0 Å². The van der Waals surface area contributed by atoms with Gasteiger partial charge in [-0.3, -0.25) is 4.79 Å². The van der Waals surface area contributed by atoms with Gasteiger partial charge in [0.2, 0.25) is 5.91 Å². The van der Waals surface area contributed by atoms with Crippen molar-refractivity contribution in [3.05, 3.63) is 29.3 Å². The number of anilines is 1. The zero-order chi connectivity index (χ0) is 13.1. The third-order valence-electron chi connectivity index (χ3n) is 3.46. The lowest BCUT2D eigenvalue weighted by Gasteiger charge is -2.16. The summed E-state index contributed by atoms with van der Waals surface area (Å²) in [7, 11) is 0. The highest BCUT2D eigenvalue weighted by atomic mass is 16.2. The van der Waals surface area contributed by atoms with Crippen molar-refractivity contribution in [2.45, 2.75) is 26.3 Å². The summed E-state index contributed by atoms with van der Waals surface area (Å²) in [6, 6.07) is 7.46. The highest BCUT2D eigenvalue weighted by molar-refractivity contribution is 5.96. The van der Waals surface area contributed by atoms with Crippen molar-refractivity contribution < 1.29 is 4.79 Å². The zero-order valence-electron chi connectivity index (χ0n) is 10.7. The fourth-order valence-electron chi connectivity index (χ4n) is 2.32. The van der Waals surface area contributed by atoms with E-state index >= 15 is 0 Å². The molecule has 2 rings (SSSR count). The van der Waals surface area contributed by atoms with Crippen LogP contribution in [0, 0.1) is 24.2 Å². The Morgan fingerprint density at radius 3 is 2.94 bits per heavy atom. The summed E-state index contributed by atoms with van der Waals surface area (Å²) in [6.45, 7) is 4.80. The van der Waals surface area contributed by atoms with Gasteiger partial charge in [0.05, 0.1) is 17.3 Å². The molecule has 4 heteroatoms. The Bertz CT molecular complexity index is 504. The van der Waals surface area contributed by atoms with Gasteiger partial charge in [-0.15, -0.1) is 0 Å². The largest absolute Gasteiger partial charge is 0.324 e. The standard InChI is InChI=1S/C14H17N3O/c1-9-4-3-5-12(11(9)8-15)17-14(18)13-10(2)6-7-16-13/h3-5,10,13,16H,6-7H2,1-2H3,(H,17,18). The summed E-state index contributed by atoms with van der Waals surface area (Å²) in [6.07, 6.45) is 1.01. The highest BCUT2D eigenvalue weighted by Crippen LogP contribution is 2.21. The van der Waals surface area contributed by atoms with Crippen LogP contribution in [0.4, 0.5) is 5.69 Å². The van der Waals surface area contributed by atoms with Crippen molar-refractivity contribution >= 4 is 11.6 Å². The molecule has 0 radical (unpaired) electrons. The Hall–Kier alpha value is -1.86. The van der Waals surface area contributed by atoms with Crippen LogP contribution in [0.1, 0.15) is 24.5 Å². The van der Waals surface area contributed by atoms with Crippen LogP contribution in [0.3, 0.4) is 0 Å². The fraction of sp³-hybridized carbons (Fsp3) is 0.429. The minimum atomic E-state index is -0.156. The topological polar surface area (TPSA) is 64.9 Å². The van der Waals surface area contributed by atoms with Crippen LogP contribution in [0.2, 0.25) is 0 Å². The SMILES string of the molecule is Cc1cccc(NC(=O)C2NCCC2C)c1C#N. The number of amides is 1. The van der Waals surface area contributed by atoms with Crippen LogP contribution < -0.4 is 10.6 Å². The van der Waals surface area contributed by atoms with Gasteiger partial charge in [0.1, 0.15) is 6.07 Å². The molecule has 1 aliphatic rings. The first-order valence-electron chi connectivity index (χ1n) is 6.17. The molecule has 0 aliphatic carbocycles. The van der Waals surface area contributed by atoms with E-state index in [9.17, 15) is 4.79 Å². The monoisotopic (exact) mass is 243 g/mol. The van der Waals surface area contributed by atoms with E-state index in [-0.39, 0.29) is 11.9 Å². The first-order valence-corrected chi connectivity index (χ1v) is 6.17. The van der Waals surface area contributed by atoms with E-state index < -0.39 is 0 Å². The van der Waals surface area contributed by atoms with Gasteiger partial charge >= 0.3 is 0 Å². The maximum Gasteiger partial charge on any atom is 0.241 e. The Morgan fingerprint density at radius 1 is 1.56 bits per heavy atom. The molecule has 0 aromatic heterocycles. The molecule has 1 amide bonds. The molecule has 2 N–H and O–H groups in total. The molecule has 1 fully saturated rings. The number of aryl methyl sites for hydroxylation is 1. The average Bonchev–Trinajstić information content (AvgIpc) is 2.76. The van der Waals surface area contributed by atoms with E-state index in [4.69, 9.17) is 5.26 Å². The molecule has 2 atom stereocenters. The molecular weight excluding hydrogens is 226 g/mol. The number of rotatable bonds is 2. The van der Waals surface area contributed by atoms with Gasteiger partial charge in [0.25, 0.3) is 0 Å². The lowest BCUT2D eigenvalue weighted by atomic mass is 10.0. The third-order valence-corrected chi connectivity index (χ3v) is 3.46. The highest BCUT2D eigenvalue weighted by Gasteiger charge is 2.29.